The van der Waals surface area contributed by atoms with Crippen molar-refractivity contribution < 1.29 is 28.6 Å². The molecule has 0 N–H and O–H groups in total. The molecule has 0 radical (unpaired) electrons. The van der Waals surface area contributed by atoms with Crippen molar-refractivity contribution in [2.75, 3.05) is 13.2 Å². The summed E-state index contributed by atoms with van der Waals surface area (Å²) in [6.07, 6.45) is 81.5. The van der Waals surface area contributed by atoms with Crippen LogP contribution in [0.2, 0.25) is 0 Å². The standard InChI is InChI=1S/C72H138O6/c1-4-7-10-13-16-18-20-22-24-26-28-30-31-32-33-34-35-36-37-38-39-40-42-43-45-47-49-51-53-56-59-62-65-71(74)77-68-69(67-76-70(73)64-61-58-55-15-12-9-6-3)78-72(75)66-63-60-57-54-52-50-48-46-44-41-29-27-25-23-21-19-17-14-11-8-5-2/h27,29,69H,4-26,28,30-68H2,1-3H3/b29-27-. The number of carbonyl (C=O) groups is 3. The normalized spacial score (nSPS) is 12.0. The van der Waals surface area contributed by atoms with Crippen LogP contribution in [0.25, 0.3) is 0 Å². The number of rotatable bonds is 67. The van der Waals surface area contributed by atoms with Crippen LogP contribution in [-0.2, 0) is 28.6 Å². The largest absolute Gasteiger partial charge is 0.462 e. The lowest BCUT2D eigenvalue weighted by Gasteiger charge is -2.18. The van der Waals surface area contributed by atoms with Crippen molar-refractivity contribution in [3.8, 4) is 0 Å². The van der Waals surface area contributed by atoms with Gasteiger partial charge in [0, 0.05) is 19.3 Å². The van der Waals surface area contributed by atoms with E-state index in [9.17, 15) is 14.4 Å². The molecule has 0 saturated carbocycles. The Morgan fingerprint density at radius 2 is 0.423 bits per heavy atom. The third-order valence-electron chi connectivity index (χ3n) is 16.5. The first-order valence-electron chi connectivity index (χ1n) is 35.7. The zero-order chi connectivity index (χ0) is 56.4. The van der Waals surface area contributed by atoms with Gasteiger partial charge in [0.2, 0.25) is 0 Å². The van der Waals surface area contributed by atoms with Crippen LogP contribution in [0.4, 0.5) is 0 Å². The molecule has 0 rings (SSSR count). The Bertz CT molecular complexity index is 1210. The fourth-order valence-corrected chi connectivity index (χ4v) is 11.2. The summed E-state index contributed by atoms with van der Waals surface area (Å²) < 4.78 is 16.9. The van der Waals surface area contributed by atoms with Gasteiger partial charge in [-0.25, -0.2) is 0 Å². The molecule has 0 bridgehead atoms. The molecule has 78 heavy (non-hydrogen) atoms. The van der Waals surface area contributed by atoms with Gasteiger partial charge in [-0.15, -0.1) is 0 Å². The number of hydrogen-bond donors (Lipinski definition) is 0. The van der Waals surface area contributed by atoms with Crippen LogP contribution >= 0.6 is 0 Å². The number of unbranched alkanes of at least 4 members (excludes halogenated alkanes) is 54. The summed E-state index contributed by atoms with van der Waals surface area (Å²) in [5.74, 6) is -0.844. The smallest absolute Gasteiger partial charge is 0.306 e. The Labute approximate surface area is 488 Å². The van der Waals surface area contributed by atoms with Gasteiger partial charge in [0.05, 0.1) is 0 Å². The Balaban J connectivity index is 3.96. The fraction of sp³-hybridized carbons (Fsp3) is 0.931. The summed E-state index contributed by atoms with van der Waals surface area (Å²) in [4.78, 5) is 38.1. The lowest BCUT2D eigenvalue weighted by molar-refractivity contribution is -0.167. The Morgan fingerprint density at radius 3 is 0.641 bits per heavy atom. The lowest BCUT2D eigenvalue weighted by atomic mass is 10.0. The number of ether oxygens (including phenoxy) is 3. The highest BCUT2D eigenvalue weighted by Crippen LogP contribution is 2.19. The van der Waals surface area contributed by atoms with Crippen LogP contribution in [0, 0.1) is 0 Å². The van der Waals surface area contributed by atoms with Crippen molar-refractivity contribution in [1.29, 1.82) is 0 Å². The summed E-state index contributed by atoms with van der Waals surface area (Å²) in [6.45, 7) is 6.68. The summed E-state index contributed by atoms with van der Waals surface area (Å²) in [7, 11) is 0. The molecule has 462 valence electrons. The Morgan fingerprint density at radius 1 is 0.244 bits per heavy atom. The van der Waals surface area contributed by atoms with E-state index in [0.29, 0.717) is 19.3 Å². The van der Waals surface area contributed by atoms with Gasteiger partial charge < -0.3 is 14.2 Å². The second-order valence-electron chi connectivity index (χ2n) is 24.5. The van der Waals surface area contributed by atoms with E-state index in [1.54, 1.807) is 0 Å². The molecule has 0 saturated heterocycles. The van der Waals surface area contributed by atoms with E-state index in [0.717, 1.165) is 57.8 Å². The summed E-state index contributed by atoms with van der Waals surface area (Å²) in [5.41, 5.74) is 0. The molecule has 0 aliphatic carbocycles. The third-order valence-corrected chi connectivity index (χ3v) is 16.5. The van der Waals surface area contributed by atoms with E-state index >= 15 is 0 Å². The second-order valence-corrected chi connectivity index (χ2v) is 24.5. The highest BCUT2D eigenvalue weighted by molar-refractivity contribution is 5.71. The third kappa shape index (κ3) is 65.0. The average Bonchev–Trinajstić information content (AvgIpc) is 3.44. The summed E-state index contributed by atoms with van der Waals surface area (Å²) in [6, 6.07) is 0. The fourth-order valence-electron chi connectivity index (χ4n) is 11.2. The molecule has 6 heteroatoms. The topological polar surface area (TPSA) is 78.9 Å². The summed E-state index contributed by atoms with van der Waals surface area (Å²) in [5, 5.41) is 0. The van der Waals surface area contributed by atoms with E-state index < -0.39 is 6.10 Å². The summed E-state index contributed by atoms with van der Waals surface area (Å²) >= 11 is 0. The van der Waals surface area contributed by atoms with Crippen LogP contribution in [0.15, 0.2) is 12.2 Å². The first-order valence-corrected chi connectivity index (χ1v) is 35.7. The molecule has 0 aliphatic rings. The van der Waals surface area contributed by atoms with E-state index in [4.69, 9.17) is 14.2 Å². The molecule has 1 unspecified atom stereocenters. The van der Waals surface area contributed by atoms with Crippen LogP contribution < -0.4 is 0 Å². The van der Waals surface area contributed by atoms with Gasteiger partial charge >= 0.3 is 17.9 Å². The molecular formula is C72H138O6. The van der Waals surface area contributed by atoms with Crippen LogP contribution in [0.5, 0.6) is 0 Å². The van der Waals surface area contributed by atoms with Gasteiger partial charge in [-0.1, -0.05) is 360 Å². The quantitative estimate of drug-likeness (QED) is 0.0261. The maximum absolute atomic E-state index is 12.9. The maximum atomic E-state index is 12.9. The van der Waals surface area contributed by atoms with Crippen LogP contribution in [0.3, 0.4) is 0 Å². The Kier molecular flexibility index (Phi) is 66.0. The van der Waals surface area contributed by atoms with Crippen molar-refractivity contribution in [2.24, 2.45) is 0 Å². The second kappa shape index (κ2) is 67.7. The minimum atomic E-state index is -0.766. The van der Waals surface area contributed by atoms with Gasteiger partial charge in [0.1, 0.15) is 13.2 Å². The number of allylic oxidation sites excluding steroid dienone is 2. The van der Waals surface area contributed by atoms with Crippen LogP contribution in [-0.4, -0.2) is 37.2 Å². The molecule has 0 aliphatic heterocycles. The SMILES string of the molecule is CCCCCCCCCC/C=C\CCCCCCCCCCCC(=O)OC(COC(=O)CCCCCCCCC)COC(=O)CCCCCCCCCCCCCCCCCCCCCCCCCCCCCCCCCC. The highest BCUT2D eigenvalue weighted by atomic mass is 16.6. The Hall–Kier alpha value is -1.85. The number of esters is 3. The van der Waals surface area contributed by atoms with Crippen molar-refractivity contribution in [3.63, 3.8) is 0 Å². The van der Waals surface area contributed by atoms with Gasteiger partial charge in [-0.2, -0.15) is 0 Å². The minimum Gasteiger partial charge on any atom is -0.462 e. The molecule has 0 aromatic carbocycles. The first kappa shape index (κ1) is 76.1. The molecule has 0 aromatic rings. The van der Waals surface area contributed by atoms with Crippen molar-refractivity contribution in [2.45, 2.75) is 419 Å². The zero-order valence-corrected chi connectivity index (χ0v) is 53.2. The molecule has 0 fully saturated rings. The lowest BCUT2D eigenvalue weighted by Crippen LogP contribution is -2.30. The molecule has 0 heterocycles. The van der Waals surface area contributed by atoms with Crippen molar-refractivity contribution in [1.82, 2.24) is 0 Å². The van der Waals surface area contributed by atoms with E-state index in [1.165, 1.54) is 315 Å². The van der Waals surface area contributed by atoms with Crippen molar-refractivity contribution >= 4 is 17.9 Å². The van der Waals surface area contributed by atoms with E-state index in [2.05, 4.69) is 32.9 Å². The predicted molar refractivity (Wildman–Crippen MR) is 340 cm³/mol. The van der Waals surface area contributed by atoms with E-state index in [1.807, 2.05) is 0 Å². The van der Waals surface area contributed by atoms with E-state index in [-0.39, 0.29) is 31.1 Å². The first-order chi connectivity index (χ1) is 38.5. The molecule has 0 aromatic heterocycles. The van der Waals surface area contributed by atoms with Gasteiger partial charge in [-0.05, 0) is 44.9 Å². The van der Waals surface area contributed by atoms with Crippen molar-refractivity contribution in [3.05, 3.63) is 12.2 Å². The molecular weight excluding hydrogens is 961 g/mol. The number of carbonyl (C=O) groups excluding carboxylic acids is 3. The van der Waals surface area contributed by atoms with Crippen LogP contribution in [0.1, 0.15) is 412 Å². The molecule has 0 spiro atoms. The van der Waals surface area contributed by atoms with Gasteiger partial charge in [0.15, 0.2) is 6.10 Å². The average molecular weight is 1100 g/mol. The minimum absolute atomic E-state index is 0.0650. The van der Waals surface area contributed by atoms with Gasteiger partial charge in [-0.3, -0.25) is 14.4 Å². The monoisotopic (exact) mass is 1100 g/mol. The number of hydrogen-bond acceptors (Lipinski definition) is 6. The molecule has 0 amide bonds. The molecule has 1 atom stereocenters. The highest BCUT2D eigenvalue weighted by Gasteiger charge is 2.19. The molecule has 6 nitrogen and oxygen atoms in total. The van der Waals surface area contributed by atoms with Gasteiger partial charge in [0.25, 0.3) is 0 Å². The predicted octanol–water partition coefficient (Wildman–Crippen LogP) is 24.4. The zero-order valence-electron chi connectivity index (χ0n) is 53.2. The maximum Gasteiger partial charge on any atom is 0.306 e.